The number of rotatable bonds is 10. The minimum absolute atomic E-state index is 0.0285. The van der Waals surface area contributed by atoms with Gasteiger partial charge in [0, 0.05) is 25.8 Å². The number of carbonyl (C=O) groups excluding carboxylic acids is 2. The number of aliphatic hydroxyl groups is 1. The van der Waals surface area contributed by atoms with E-state index in [2.05, 4.69) is 0 Å². The van der Waals surface area contributed by atoms with Crippen molar-refractivity contribution in [1.29, 1.82) is 0 Å². The van der Waals surface area contributed by atoms with E-state index in [4.69, 9.17) is 14.2 Å². The van der Waals surface area contributed by atoms with Gasteiger partial charge in [0.25, 0.3) is 11.7 Å². The summed E-state index contributed by atoms with van der Waals surface area (Å²) in [7, 11) is 1.56. The normalized spacial score (nSPS) is 17.4. The molecular formula is C25H29NO7. The van der Waals surface area contributed by atoms with Crippen molar-refractivity contribution in [2.24, 2.45) is 0 Å². The SMILES string of the molecule is CCOc1cccc(C(O)=C2C(=O)C(=O)N(CCCOC)C2c2ccc(O)c(OCC)c2)c1. The highest BCUT2D eigenvalue weighted by molar-refractivity contribution is 6.46. The monoisotopic (exact) mass is 455 g/mol. The van der Waals surface area contributed by atoms with E-state index in [1.807, 2.05) is 6.92 Å². The molecule has 176 valence electrons. The highest BCUT2D eigenvalue weighted by atomic mass is 16.5. The van der Waals surface area contributed by atoms with Crippen molar-refractivity contribution in [2.75, 3.05) is 33.5 Å². The number of methoxy groups -OCH3 is 1. The highest BCUT2D eigenvalue weighted by Gasteiger charge is 2.46. The third-order valence-electron chi connectivity index (χ3n) is 5.31. The average Bonchev–Trinajstić information content (AvgIpc) is 3.06. The molecule has 0 spiro atoms. The van der Waals surface area contributed by atoms with E-state index in [1.54, 1.807) is 50.4 Å². The number of Topliss-reactive ketones (excluding diaryl/α,β-unsaturated/α-hetero) is 1. The van der Waals surface area contributed by atoms with Gasteiger partial charge in [-0.25, -0.2) is 0 Å². The Morgan fingerprint density at radius 2 is 1.82 bits per heavy atom. The first-order chi connectivity index (χ1) is 15.9. The summed E-state index contributed by atoms with van der Waals surface area (Å²) in [6.45, 7) is 5.07. The zero-order valence-corrected chi connectivity index (χ0v) is 19.0. The van der Waals surface area contributed by atoms with E-state index in [-0.39, 0.29) is 29.4 Å². The third kappa shape index (κ3) is 5.12. The van der Waals surface area contributed by atoms with Crippen LogP contribution in [0, 0.1) is 0 Å². The maximum atomic E-state index is 13.1. The summed E-state index contributed by atoms with van der Waals surface area (Å²) < 4.78 is 16.1. The molecule has 1 aliphatic heterocycles. The summed E-state index contributed by atoms with van der Waals surface area (Å²) in [6.07, 6.45) is 0.510. The first-order valence-electron chi connectivity index (χ1n) is 10.9. The summed E-state index contributed by atoms with van der Waals surface area (Å²) in [5.41, 5.74) is 0.874. The van der Waals surface area contributed by atoms with Crippen molar-refractivity contribution >= 4 is 17.4 Å². The van der Waals surface area contributed by atoms with E-state index < -0.39 is 17.7 Å². The van der Waals surface area contributed by atoms with Crippen LogP contribution in [0.1, 0.15) is 37.4 Å². The fourth-order valence-corrected chi connectivity index (χ4v) is 3.86. The molecule has 0 radical (unpaired) electrons. The molecular weight excluding hydrogens is 426 g/mol. The second-order valence-electron chi connectivity index (χ2n) is 7.46. The van der Waals surface area contributed by atoms with Gasteiger partial charge in [-0.2, -0.15) is 0 Å². The lowest BCUT2D eigenvalue weighted by Crippen LogP contribution is -2.31. The largest absolute Gasteiger partial charge is 0.507 e. The minimum atomic E-state index is -0.850. The van der Waals surface area contributed by atoms with Gasteiger partial charge in [0.05, 0.1) is 24.8 Å². The number of phenols is 1. The van der Waals surface area contributed by atoms with Crippen molar-refractivity contribution in [3.8, 4) is 17.2 Å². The van der Waals surface area contributed by atoms with Crippen LogP contribution in [0.3, 0.4) is 0 Å². The first-order valence-corrected chi connectivity index (χ1v) is 10.9. The first kappa shape index (κ1) is 24.1. The number of carbonyl (C=O) groups is 2. The smallest absolute Gasteiger partial charge is 0.295 e. The molecule has 0 bridgehead atoms. The van der Waals surface area contributed by atoms with Crippen molar-refractivity contribution in [2.45, 2.75) is 26.3 Å². The Kier molecular flexibility index (Phi) is 7.95. The van der Waals surface area contributed by atoms with E-state index in [1.165, 1.54) is 11.0 Å². The Hall–Kier alpha value is -3.52. The summed E-state index contributed by atoms with van der Waals surface area (Å²) in [5, 5.41) is 21.3. The van der Waals surface area contributed by atoms with Crippen molar-refractivity contribution in [3.63, 3.8) is 0 Å². The van der Waals surface area contributed by atoms with Crippen LogP contribution in [-0.4, -0.2) is 60.3 Å². The number of phenolic OH excluding ortho intramolecular Hbond substituents is 1. The zero-order chi connectivity index (χ0) is 24.0. The van der Waals surface area contributed by atoms with Crippen LogP contribution in [0.25, 0.3) is 5.76 Å². The Morgan fingerprint density at radius 3 is 2.52 bits per heavy atom. The molecule has 1 saturated heterocycles. The minimum Gasteiger partial charge on any atom is -0.507 e. The van der Waals surface area contributed by atoms with Gasteiger partial charge >= 0.3 is 0 Å². The lowest BCUT2D eigenvalue weighted by molar-refractivity contribution is -0.140. The van der Waals surface area contributed by atoms with Crippen LogP contribution in [0.15, 0.2) is 48.0 Å². The Bertz CT molecular complexity index is 1050. The average molecular weight is 456 g/mol. The number of hydrogen-bond donors (Lipinski definition) is 2. The molecule has 2 aromatic carbocycles. The summed E-state index contributed by atoms with van der Waals surface area (Å²) in [4.78, 5) is 27.5. The van der Waals surface area contributed by atoms with E-state index in [0.717, 1.165) is 0 Å². The number of benzene rings is 2. The molecule has 0 aliphatic carbocycles. The second-order valence-corrected chi connectivity index (χ2v) is 7.46. The summed E-state index contributed by atoms with van der Waals surface area (Å²) >= 11 is 0. The molecule has 1 amide bonds. The van der Waals surface area contributed by atoms with Crippen molar-refractivity contribution < 1.29 is 34.0 Å². The number of nitrogens with zero attached hydrogens (tertiary/aromatic N) is 1. The molecule has 1 fully saturated rings. The van der Waals surface area contributed by atoms with Crippen LogP contribution in [0.2, 0.25) is 0 Å². The Labute approximate surface area is 193 Å². The van der Waals surface area contributed by atoms with Gasteiger partial charge in [-0.3, -0.25) is 9.59 Å². The molecule has 2 N–H and O–H groups in total. The van der Waals surface area contributed by atoms with Crippen molar-refractivity contribution in [1.82, 2.24) is 4.90 Å². The van der Waals surface area contributed by atoms with E-state index >= 15 is 0 Å². The second kappa shape index (κ2) is 10.9. The number of ketones is 1. The third-order valence-corrected chi connectivity index (χ3v) is 5.31. The summed E-state index contributed by atoms with van der Waals surface area (Å²) in [5.74, 6) is -1.06. The molecule has 0 aromatic heterocycles. The van der Waals surface area contributed by atoms with Gasteiger partial charge in [0.1, 0.15) is 11.5 Å². The Balaban J connectivity index is 2.14. The molecule has 1 unspecified atom stereocenters. The molecule has 3 rings (SSSR count). The van der Waals surface area contributed by atoms with Gasteiger partial charge < -0.3 is 29.3 Å². The lowest BCUT2D eigenvalue weighted by Gasteiger charge is -2.25. The fourth-order valence-electron chi connectivity index (χ4n) is 3.86. The van der Waals surface area contributed by atoms with Gasteiger partial charge in [0.2, 0.25) is 0 Å². The molecule has 33 heavy (non-hydrogen) atoms. The molecule has 1 aliphatic rings. The number of likely N-dealkylation sites (tertiary alicyclic amines) is 1. The van der Waals surface area contributed by atoms with Crippen LogP contribution in [-0.2, 0) is 14.3 Å². The number of ether oxygens (including phenoxy) is 3. The van der Waals surface area contributed by atoms with Gasteiger partial charge in [-0.15, -0.1) is 0 Å². The van der Waals surface area contributed by atoms with E-state index in [0.29, 0.717) is 43.1 Å². The highest BCUT2D eigenvalue weighted by Crippen LogP contribution is 2.42. The molecule has 2 aromatic rings. The number of amides is 1. The number of aromatic hydroxyl groups is 1. The standard InChI is InChI=1S/C25H29NO7/c1-4-32-18-9-6-8-17(14-18)23(28)21-22(16-10-11-19(27)20(15-16)33-5-2)26(12-7-13-31-3)25(30)24(21)29/h6,8-11,14-15,22,27-28H,4-5,7,12-13H2,1-3H3. The van der Waals surface area contributed by atoms with Gasteiger partial charge in [-0.1, -0.05) is 18.2 Å². The van der Waals surface area contributed by atoms with Crippen LogP contribution in [0.4, 0.5) is 0 Å². The van der Waals surface area contributed by atoms with Crippen molar-refractivity contribution in [3.05, 3.63) is 59.2 Å². The lowest BCUT2D eigenvalue weighted by atomic mass is 9.95. The maximum Gasteiger partial charge on any atom is 0.295 e. The van der Waals surface area contributed by atoms with Crippen LogP contribution in [0.5, 0.6) is 17.2 Å². The predicted molar refractivity (Wildman–Crippen MR) is 122 cm³/mol. The predicted octanol–water partition coefficient (Wildman–Crippen LogP) is 3.65. The fraction of sp³-hybridized carbons (Fsp3) is 0.360. The van der Waals surface area contributed by atoms with Gasteiger partial charge in [-0.05, 0) is 50.1 Å². The maximum absolute atomic E-state index is 13.1. The number of hydrogen-bond acceptors (Lipinski definition) is 7. The zero-order valence-electron chi connectivity index (χ0n) is 19.0. The quantitative estimate of drug-likeness (QED) is 0.244. The molecule has 8 nitrogen and oxygen atoms in total. The van der Waals surface area contributed by atoms with Gasteiger partial charge in [0.15, 0.2) is 11.5 Å². The molecule has 8 heteroatoms. The Morgan fingerprint density at radius 1 is 1.06 bits per heavy atom. The van der Waals surface area contributed by atoms with E-state index in [9.17, 15) is 19.8 Å². The van der Waals surface area contributed by atoms with Crippen LogP contribution >= 0.6 is 0 Å². The van der Waals surface area contributed by atoms with Crippen LogP contribution < -0.4 is 9.47 Å². The molecule has 1 heterocycles. The topological polar surface area (TPSA) is 106 Å². The molecule has 1 atom stereocenters. The number of aliphatic hydroxyl groups excluding tert-OH is 1. The summed E-state index contributed by atoms with van der Waals surface area (Å²) in [6, 6.07) is 10.5. The molecule has 0 saturated carbocycles.